The van der Waals surface area contributed by atoms with Gasteiger partial charge in [0, 0.05) is 24.7 Å². The SMILES string of the molecule is O=C1C=C(NCCc2ccccc2F)CC1. The first-order valence-corrected chi connectivity index (χ1v) is 5.46. The minimum atomic E-state index is -0.166. The number of halogens is 1. The highest BCUT2D eigenvalue weighted by atomic mass is 19.1. The van der Waals surface area contributed by atoms with E-state index in [2.05, 4.69) is 5.32 Å². The van der Waals surface area contributed by atoms with Crippen molar-refractivity contribution in [3.63, 3.8) is 0 Å². The molecule has 1 aliphatic carbocycles. The number of allylic oxidation sites excluding steroid dienone is 2. The van der Waals surface area contributed by atoms with E-state index in [1.54, 1.807) is 18.2 Å². The van der Waals surface area contributed by atoms with Crippen LogP contribution in [-0.2, 0) is 11.2 Å². The molecule has 0 radical (unpaired) electrons. The van der Waals surface area contributed by atoms with Crippen LogP contribution in [0.25, 0.3) is 0 Å². The van der Waals surface area contributed by atoms with Crippen molar-refractivity contribution in [1.82, 2.24) is 5.32 Å². The van der Waals surface area contributed by atoms with E-state index in [0.717, 1.165) is 12.1 Å². The Morgan fingerprint density at radius 3 is 2.75 bits per heavy atom. The summed E-state index contributed by atoms with van der Waals surface area (Å²) >= 11 is 0. The van der Waals surface area contributed by atoms with Crippen LogP contribution in [0.2, 0.25) is 0 Å². The highest BCUT2D eigenvalue weighted by Gasteiger charge is 2.11. The lowest BCUT2D eigenvalue weighted by Crippen LogP contribution is -2.15. The summed E-state index contributed by atoms with van der Waals surface area (Å²) in [7, 11) is 0. The predicted octanol–water partition coefficient (Wildman–Crippen LogP) is 2.20. The zero-order valence-corrected chi connectivity index (χ0v) is 9.00. The maximum absolute atomic E-state index is 13.3. The first-order chi connectivity index (χ1) is 7.75. The molecule has 84 valence electrons. The molecule has 1 aromatic carbocycles. The van der Waals surface area contributed by atoms with Crippen molar-refractivity contribution in [2.75, 3.05) is 6.54 Å². The molecule has 2 nitrogen and oxygen atoms in total. The first-order valence-electron chi connectivity index (χ1n) is 5.46. The molecule has 3 heteroatoms. The van der Waals surface area contributed by atoms with Crippen molar-refractivity contribution in [3.8, 4) is 0 Å². The number of hydrogen-bond acceptors (Lipinski definition) is 2. The number of hydrogen-bond donors (Lipinski definition) is 1. The number of carbonyl (C=O) groups is 1. The van der Waals surface area contributed by atoms with E-state index in [1.165, 1.54) is 6.07 Å². The molecule has 0 bridgehead atoms. The molecule has 0 saturated carbocycles. The van der Waals surface area contributed by atoms with E-state index in [-0.39, 0.29) is 11.6 Å². The second-order valence-electron chi connectivity index (χ2n) is 3.90. The molecule has 0 aliphatic heterocycles. The van der Waals surface area contributed by atoms with E-state index in [0.29, 0.717) is 24.9 Å². The fourth-order valence-corrected chi connectivity index (χ4v) is 1.79. The third kappa shape index (κ3) is 2.69. The summed E-state index contributed by atoms with van der Waals surface area (Å²) < 4.78 is 13.3. The van der Waals surface area contributed by atoms with E-state index in [4.69, 9.17) is 0 Å². The van der Waals surface area contributed by atoms with Crippen molar-refractivity contribution in [1.29, 1.82) is 0 Å². The number of ketones is 1. The Morgan fingerprint density at radius 2 is 2.06 bits per heavy atom. The molecular weight excluding hydrogens is 205 g/mol. The van der Waals surface area contributed by atoms with Crippen molar-refractivity contribution < 1.29 is 9.18 Å². The average molecular weight is 219 g/mol. The van der Waals surface area contributed by atoms with Gasteiger partial charge in [-0.25, -0.2) is 4.39 Å². The Morgan fingerprint density at radius 1 is 1.25 bits per heavy atom. The minimum Gasteiger partial charge on any atom is -0.388 e. The minimum absolute atomic E-state index is 0.166. The van der Waals surface area contributed by atoms with Gasteiger partial charge in [0.2, 0.25) is 0 Å². The quantitative estimate of drug-likeness (QED) is 0.841. The van der Waals surface area contributed by atoms with Gasteiger partial charge in [-0.05, 0) is 24.5 Å². The number of carbonyl (C=O) groups excluding carboxylic acids is 1. The highest BCUT2D eigenvalue weighted by Crippen LogP contribution is 2.12. The van der Waals surface area contributed by atoms with Gasteiger partial charge >= 0.3 is 0 Å². The largest absolute Gasteiger partial charge is 0.388 e. The number of rotatable bonds is 4. The standard InChI is InChI=1S/C13H14FNO/c14-13-4-2-1-3-10(13)7-8-15-11-5-6-12(16)9-11/h1-4,9,15H,5-8H2. The van der Waals surface area contributed by atoms with E-state index in [9.17, 15) is 9.18 Å². The van der Waals surface area contributed by atoms with Crippen LogP contribution in [0.4, 0.5) is 4.39 Å². The van der Waals surface area contributed by atoms with E-state index < -0.39 is 0 Å². The van der Waals surface area contributed by atoms with Gasteiger partial charge in [0.05, 0.1) is 0 Å². The summed E-state index contributed by atoms with van der Waals surface area (Å²) in [6.07, 6.45) is 3.66. The zero-order valence-electron chi connectivity index (χ0n) is 9.00. The van der Waals surface area contributed by atoms with Gasteiger partial charge in [-0.15, -0.1) is 0 Å². The van der Waals surface area contributed by atoms with Crippen LogP contribution in [0.1, 0.15) is 18.4 Å². The van der Waals surface area contributed by atoms with Crippen molar-refractivity contribution in [2.45, 2.75) is 19.3 Å². The van der Waals surface area contributed by atoms with Crippen LogP contribution >= 0.6 is 0 Å². The van der Waals surface area contributed by atoms with E-state index in [1.807, 2.05) is 6.07 Å². The van der Waals surface area contributed by atoms with Gasteiger partial charge in [0.1, 0.15) is 5.82 Å². The van der Waals surface area contributed by atoms with Gasteiger partial charge < -0.3 is 5.32 Å². The van der Waals surface area contributed by atoms with Crippen LogP contribution in [0, 0.1) is 5.82 Å². The summed E-state index contributed by atoms with van der Waals surface area (Å²) in [5, 5.41) is 3.16. The Labute approximate surface area is 94.2 Å². The fraction of sp³-hybridized carbons (Fsp3) is 0.308. The average Bonchev–Trinajstić information content (AvgIpc) is 2.67. The van der Waals surface area contributed by atoms with E-state index >= 15 is 0 Å². The summed E-state index contributed by atoms with van der Waals surface area (Å²) in [6.45, 7) is 0.667. The second-order valence-corrected chi connectivity index (χ2v) is 3.90. The van der Waals surface area contributed by atoms with Crippen LogP contribution in [0.3, 0.4) is 0 Å². The summed E-state index contributed by atoms with van der Waals surface area (Å²) in [5.74, 6) is 0.00849. The summed E-state index contributed by atoms with van der Waals surface area (Å²) in [6, 6.07) is 6.76. The van der Waals surface area contributed by atoms with Crippen molar-refractivity contribution in [3.05, 3.63) is 47.4 Å². The van der Waals surface area contributed by atoms with Gasteiger partial charge in [-0.3, -0.25) is 4.79 Å². The van der Waals surface area contributed by atoms with Crippen LogP contribution in [-0.4, -0.2) is 12.3 Å². The third-order valence-electron chi connectivity index (χ3n) is 2.68. The smallest absolute Gasteiger partial charge is 0.157 e. The molecule has 0 atom stereocenters. The second kappa shape index (κ2) is 4.92. The molecule has 0 fully saturated rings. The molecule has 0 amide bonds. The van der Waals surface area contributed by atoms with Gasteiger partial charge in [-0.2, -0.15) is 0 Å². The fourth-order valence-electron chi connectivity index (χ4n) is 1.79. The monoisotopic (exact) mass is 219 g/mol. The number of benzene rings is 1. The third-order valence-corrected chi connectivity index (χ3v) is 2.68. The van der Waals surface area contributed by atoms with Crippen molar-refractivity contribution in [2.24, 2.45) is 0 Å². The van der Waals surface area contributed by atoms with Gasteiger partial charge in [0.15, 0.2) is 5.78 Å². The Kier molecular flexibility index (Phi) is 3.34. The number of nitrogens with one attached hydrogen (secondary N) is 1. The molecule has 16 heavy (non-hydrogen) atoms. The lowest BCUT2D eigenvalue weighted by molar-refractivity contribution is -0.114. The van der Waals surface area contributed by atoms with Crippen LogP contribution in [0.15, 0.2) is 36.0 Å². The van der Waals surface area contributed by atoms with Crippen molar-refractivity contribution >= 4 is 5.78 Å². The molecule has 2 rings (SSSR count). The van der Waals surface area contributed by atoms with Gasteiger partial charge in [0.25, 0.3) is 0 Å². The summed E-state index contributed by atoms with van der Waals surface area (Å²) in [4.78, 5) is 11.0. The molecule has 0 saturated heterocycles. The molecule has 0 unspecified atom stereocenters. The topological polar surface area (TPSA) is 29.1 Å². The predicted molar refractivity (Wildman–Crippen MR) is 60.4 cm³/mol. The van der Waals surface area contributed by atoms with Crippen LogP contribution in [0.5, 0.6) is 0 Å². The molecule has 0 heterocycles. The molecule has 0 spiro atoms. The lowest BCUT2D eigenvalue weighted by Gasteiger charge is -2.07. The van der Waals surface area contributed by atoms with Gasteiger partial charge in [-0.1, -0.05) is 18.2 Å². The lowest BCUT2D eigenvalue weighted by atomic mass is 10.1. The zero-order chi connectivity index (χ0) is 11.4. The Bertz CT molecular complexity index is 426. The Balaban J connectivity index is 1.83. The molecule has 0 aromatic heterocycles. The molecular formula is C13H14FNO. The normalized spacial score (nSPS) is 15.1. The first kappa shape index (κ1) is 10.9. The maximum atomic E-state index is 13.3. The molecule has 1 aromatic rings. The summed E-state index contributed by atoms with van der Waals surface area (Å²) in [5.41, 5.74) is 1.68. The maximum Gasteiger partial charge on any atom is 0.157 e. The molecule has 1 N–H and O–H groups in total. The Hall–Kier alpha value is -1.64. The molecule has 1 aliphatic rings. The van der Waals surface area contributed by atoms with Crippen LogP contribution < -0.4 is 5.32 Å². The highest BCUT2D eigenvalue weighted by molar-refractivity contribution is 5.92.